The van der Waals surface area contributed by atoms with Gasteiger partial charge in [-0.05, 0) is 24.1 Å². The molecule has 0 aliphatic rings. The van der Waals surface area contributed by atoms with Crippen molar-refractivity contribution < 1.29 is 9.53 Å². The molecule has 88 valence electrons. The molecule has 16 heavy (non-hydrogen) atoms. The number of benzene rings is 1. The zero-order valence-electron chi connectivity index (χ0n) is 10.1. The highest BCUT2D eigenvalue weighted by molar-refractivity contribution is 5.92. The number of ether oxygens (including phenoxy) is 1. The Bertz CT molecular complexity index is 350. The highest BCUT2D eigenvalue weighted by atomic mass is 16.5. The first-order valence-corrected chi connectivity index (χ1v) is 5.56. The standard InChI is InChI=1S/C13H19NO2/c1-4-10(2)13(15)14-12-7-5-6-11(8-12)9-16-3/h5-8,10H,4,9H2,1-3H3,(H,14,15). The lowest BCUT2D eigenvalue weighted by Gasteiger charge is -2.10. The number of hydrogen-bond donors (Lipinski definition) is 1. The molecule has 0 saturated heterocycles. The minimum atomic E-state index is 0.0473. The molecule has 0 radical (unpaired) electrons. The number of rotatable bonds is 5. The number of anilines is 1. The van der Waals surface area contributed by atoms with E-state index in [-0.39, 0.29) is 11.8 Å². The third-order valence-corrected chi connectivity index (χ3v) is 2.57. The summed E-state index contributed by atoms with van der Waals surface area (Å²) in [6.45, 7) is 4.49. The first-order valence-electron chi connectivity index (χ1n) is 5.56. The average Bonchev–Trinajstić information content (AvgIpc) is 2.29. The molecule has 0 bridgehead atoms. The van der Waals surface area contributed by atoms with Crippen LogP contribution in [0.15, 0.2) is 24.3 Å². The van der Waals surface area contributed by atoms with Gasteiger partial charge in [-0.3, -0.25) is 4.79 Å². The van der Waals surface area contributed by atoms with Crippen LogP contribution in [0.4, 0.5) is 5.69 Å². The fourth-order valence-corrected chi connectivity index (χ4v) is 1.36. The molecular formula is C13H19NO2. The zero-order chi connectivity index (χ0) is 12.0. The Morgan fingerprint density at radius 1 is 1.50 bits per heavy atom. The highest BCUT2D eigenvalue weighted by Crippen LogP contribution is 2.13. The molecule has 0 heterocycles. The number of amides is 1. The van der Waals surface area contributed by atoms with Gasteiger partial charge >= 0.3 is 0 Å². The van der Waals surface area contributed by atoms with E-state index in [9.17, 15) is 4.79 Å². The van der Waals surface area contributed by atoms with Gasteiger partial charge in [-0.25, -0.2) is 0 Å². The topological polar surface area (TPSA) is 38.3 Å². The summed E-state index contributed by atoms with van der Waals surface area (Å²) in [6, 6.07) is 7.71. The summed E-state index contributed by atoms with van der Waals surface area (Å²) in [4.78, 5) is 11.7. The molecule has 1 amide bonds. The Labute approximate surface area is 96.8 Å². The van der Waals surface area contributed by atoms with Gasteiger partial charge in [-0.15, -0.1) is 0 Å². The fraction of sp³-hybridized carbons (Fsp3) is 0.462. The van der Waals surface area contributed by atoms with Crippen molar-refractivity contribution in [3.8, 4) is 0 Å². The molecule has 0 aliphatic carbocycles. The van der Waals surface area contributed by atoms with Crippen molar-refractivity contribution in [2.75, 3.05) is 12.4 Å². The molecule has 1 aromatic rings. The largest absolute Gasteiger partial charge is 0.380 e. The lowest BCUT2D eigenvalue weighted by Crippen LogP contribution is -2.19. The second kappa shape index (κ2) is 6.28. The van der Waals surface area contributed by atoms with E-state index in [4.69, 9.17) is 4.74 Å². The molecule has 0 aromatic heterocycles. The Morgan fingerprint density at radius 3 is 2.88 bits per heavy atom. The monoisotopic (exact) mass is 221 g/mol. The van der Waals surface area contributed by atoms with Crippen molar-refractivity contribution in [2.24, 2.45) is 5.92 Å². The van der Waals surface area contributed by atoms with Gasteiger partial charge in [0.15, 0.2) is 0 Å². The smallest absolute Gasteiger partial charge is 0.227 e. The van der Waals surface area contributed by atoms with E-state index in [1.807, 2.05) is 38.1 Å². The van der Waals surface area contributed by atoms with Gasteiger partial charge in [0.25, 0.3) is 0 Å². The summed E-state index contributed by atoms with van der Waals surface area (Å²) in [5, 5.41) is 2.90. The molecule has 1 aromatic carbocycles. The van der Waals surface area contributed by atoms with Crippen molar-refractivity contribution in [2.45, 2.75) is 26.9 Å². The van der Waals surface area contributed by atoms with Crippen LogP contribution >= 0.6 is 0 Å². The Kier molecular flexibility index (Phi) is 4.99. The molecule has 1 atom stereocenters. The van der Waals surface area contributed by atoms with Crippen LogP contribution in [-0.4, -0.2) is 13.0 Å². The van der Waals surface area contributed by atoms with Crippen LogP contribution < -0.4 is 5.32 Å². The Hall–Kier alpha value is -1.35. The Morgan fingerprint density at radius 2 is 2.25 bits per heavy atom. The predicted molar refractivity (Wildman–Crippen MR) is 65.2 cm³/mol. The third-order valence-electron chi connectivity index (χ3n) is 2.57. The first kappa shape index (κ1) is 12.7. The van der Waals surface area contributed by atoms with Gasteiger partial charge in [-0.1, -0.05) is 26.0 Å². The maximum atomic E-state index is 11.7. The number of carbonyl (C=O) groups is 1. The first-order chi connectivity index (χ1) is 7.67. The molecule has 1 unspecified atom stereocenters. The van der Waals surface area contributed by atoms with Crippen molar-refractivity contribution >= 4 is 11.6 Å². The van der Waals surface area contributed by atoms with E-state index >= 15 is 0 Å². The van der Waals surface area contributed by atoms with E-state index < -0.39 is 0 Å². The molecule has 0 aliphatic heterocycles. The second-order valence-electron chi connectivity index (χ2n) is 3.93. The van der Waals surface area contributed by atoms with Crippen LogP contribution in [0.25, 0.3) is 0 Å². The van der Waals surface area contributed by atoms with Gasteiger partial charge in [-0.2, -0.15) is 0 Å². The van der Waals surface area contributed by atoms with E-state index in [1.165, 1.54) is 0 Å². The minimum absolute atomic E-state index is 0.0473. The summed E-state index contributed by atoms with van der Waals surface area (Å²) >= 11 is 0. The summed E-state index contributed by atoms with van der Waals surface area (Å²) in [5.74, 6) is 0.114. The van der Waals surface area contributed by atoms with Gasteiger partial charge in [0.2, 0.25) is 5.91 Å². The number of nitrogens with one attached hydrogen (secondary N) is 1. The summed E-state index contributed by atoms with van der Waals surface area (Å²) in [7, 11) is 1.66. The number of methoxy groups -OCH3 is 1. The summed E-state index contributed by atoms with van der Waals surface area (Å²) in [5.41, 5.74) is 1.89. The number of carbonyl (C=O) groups excluding carboxylic acids is 1. The van der Waals surface area contributed by atoms with Crippen LogP contribution in [0.1, 0.15) is 25.8 Å². The van der Waals surface area contributed by atoms with Crippen molar-refractivity contribution in [3.63, 3.8) is 0 Å². The minimum Gasteiger partial charge on any atom is -0.380 e. The van der Waals surface area contributed by atoms with Crippen molar-refractivity contribution in [1.29, 1.82) is 0 Å². The third kappa shape index (κ3) is 3.66. The highest BCUT2D eigenvalue weighted by Gasteiger charge is 2.10. The molecule has 1 rings (SSSR count). The quantitative estimate of drug-likeness (QED) is 0.830. The van der Waals surface area contributed by atoms with E-state index in [0.717, 1.165) is 17.7 Å². The molecule has 3 heteroatoms. The van der Waals surface area contributed by atoms with Crippen LogP contribution in [0.2, 0.25) is 0 Å². The molecule has 1 N–H and O–H groups in total. The SMILES string of the molecule is CCC(C)C(=O)Nc1cccc(COC)c1. The van der Waals surface area contributed by atoms with Crippen LogP contribution in [-0.2, 0) is 16.1 Å². The van der Waals surface area contributed by atoms with Gasteiger partial charge in [0.1, 0.15) is 0 Å². The van der Waals surface area contributed by atoms with E-state index in [0.29, 0.717) is 6.61 Å². The lowest BCUT2D eigenvalue weighted by molar-refractivity contribution is -0.119. The molecule has 0 fully saturated rings. The Balaban J connectivity index is 2.66. The van der Waals surface area contributed by atoms with E-state index in [2.05, 4.69) is 5.32 Å². The van der Waals surface area contributed by atoms with Crippen LogP contribution in [0.5, 0.6) is 0 Å². The number of hydrogen-bond acceptors (Lipinski definition) is 2. The van der Waals surface area contributed by atoms with Crippen molar-refractivity contribution in [1.82, 2.24) is 0 Å². The van der Waals surface area contributed by atoms with E-state index in [1.54, 1.807) is 7.11 Å². The van der Waals surface area contributed by atoms with Crippen LogP contribution in [0.3, 0.4) is 0 Å². The summed E-state index contributed by atoms with van der Waals surface area (Å²) in [6.07, 6.45) is 0.851. The van der Waals surface area contributed by atoms with Gasteiger partial charge < -0.3 is 10.1 Å². The van der Waals surface area contributed by atoms with Gasteiger partial charge in [0, 0.05) is 18.7 Å². The molecule has 3 nitrogen and oxygen atoms in total. The predicted octanol–water partition coefficient (Wildman–Crippen LogP) is 2.82. The van der Waals surface area contributed by atoms with Gasteiger partial charge in [0.05, 0.1) is 6.61 Å². The molecule has 0 saturated carbocycles. The molecular weight excluding hydrogens is 202 g/mol. The lowest BCUT2D eigenvalue weighted by atomic mass is 10.1. The molecule has 0 spiro atoms. The maximum absolute atomic E-state index is 11.7. The van der Waals surface area contributed by atoms with Crippen LogP contribution in [0, 0.1) is 5.92 Å². The maximum Gasteiger partial charge on any atom is 0.227 e. The van der Waals surface area contributed by atoms with Crippen molar-refractivity contribution in [3.05, 3.63) is 29.8 Å². The normalized spacial score (nSPS) is 12.2. The fourth-order valence-electron chi connectivity index (χ4n) is 1.36. The summed E-state index contributed by atoms with van der Waals surface area (Å²) < 4.78 is 5.04. The second-order valence-corrected chi connectivity index (χ2v) is 3.93. The zero-order valence-corrected chi connectivity index (χ0v) is 10.1. The average molecular weight is 221 g/mol.